The highest BCUT2D eigenvalue weighted by Gasteiger charge is 2.31. The molecule has 0 fully saturated rings. The Balaban J connectivity index is 2.18. The number of aromatic nitrogens is 4. The van der Waals surface area contributed by atoms with Gasteiger partial charge in [-0.05, 0) is 22.6 Å². The maximum Gasteiger partial charge on any atom is 0.401 e. The van der Waals surface area contributed by atoms with Crippen molar-refractivity contribution in [3.63, 3.8) is 0 Å². The van der Waals surface area contributed by atoms with E-state index in [0.29, 0.717) is 11.5 Å². The van der Waals surface area contributed by atoms with Gasteiger partial charge in [0.15, 0.2) is 5.82 Å². The molecule has 5 nitrogen and oxygen atoms in total. The van der Waals surface area contributed by atoms with Gasteiger partial charge in [0, 0.05) is 6.54 Å². The molecule has 8 heteroatoms. The third kappa shape index (κ3) is 4.38. The first kappa shape index (κ1) is 15.2. The van der Waals surface area contributed by atoms with E-state index in [0.717, 1.165) is 0 Å². The number of hydrogen-bond acceptors (Lipinski definition) is 4. The molecule has 1 aromatic heterocycles. The van der Waals surface area contributed by atoms with Gasteiger partial charge in [-0.15, -0.1) is 11.7 Å². The Bertz CT molecular complexity index is 579. The summed E-state index contributed by atoms with van der Waals surface area (Å²) in [5, 5.41) is 11.2. The van der Waals surface area contributed by atoms with E-state index in [1.54, 1.807) is 24.3 Å². The van der Waals surface area contributed by atoms with Crippen molar-refractivity contribution in [2.45, 2.75) is 12.7 Å². The number of benzene rings is 1. The van der Waals surface area contributed by atoms with Crippen LogP contribution in [0.15, 0.2) is 43.0 Å². The SMILES string of the molecule is C=CCN(Cc1nnnn1-c1ccccc1)CC(F)(F)F. The Morgan fingerprint density at radius 1 is 1.24 bits per heavy atom. The van der Waals surface area contributed by atoms with Crippen LogP contribution >= 0.6 is 0 Å². The first-order valence-corrected chi connectivity index (χ1v) is 6.22. The number of rotatable bonds is 6. The van der Waals surface area contributed by atoms with Crippen LogP contribution in [0.4, 0.5) is 13.2 Å². The average Bonchev–Trinajstić information content (AvgIpc) is 2.86. The zero-order chi connectivity index (χ0) is 15.3. The maximum atomic E-state index is 12.5. The Kier molecular flexibility index (Phi) is 4.69. The number of para-hydroxylation sites is 1. The molecule has 112 valence electrons. The van der Waals surface area contributed by atoms with Gasteiger partial charge in [-0.2, -0.15) is 17.9 Å². The standard InChI is InChI=1S/C13H14F3N5/c1-2-8-20(10-13(14,15)16)9-12-17-18-19-21(12)11-6-4-3-5-7-11/h2-7H,1,8-10H2. The average molecular weight is 297 g/mol. The monoisotopic (exact) mass is 297 g/mol. The van der Waals surface area contributed by atoms with E-state index < -0.39 is 12.7 Å². The molecule has 0 N–H and O–H groups in total. The lowest BCUT2D eigenvalue weighted by Crippen LogP contribution is -2.34. The van der Waals surface area contributed by atoms with Gasteiger partial charge < -0.3 is 0 Å². The van der Waals surface area contributed by atoms with Crippen molar-refractivity contribution in [1.82, 2.24) is 25.1 Å². The van der Waals surface area contributed by atoms with Gasteiger partial charge >= 0.3 is 6.18 Å². The summed E-state index contributed by atoms with van der Waals surface area (Å²) in [5.41, 5.74) is 0.697. The number of nitrogens with zero attached hydrogens (tertiary/aromatic N) is 5. The van der Waals surface area contributed by atoms with Crippen molar-refractivity contribution >= 4 is 0 Å². The molecule has 0 aliphatic rings. The summed E-state index contributed by atoms with van der Waals surface area (Å²) in [7, 11) is 0. The van der Waals surface area contributed by atoms with Crippen LogP contribution in [-0.2, 0) is 6.54 Å². The minimum Gasteiger partial charge on any atom is -0.284 e. The molecular weight excluding hydrogens is 283 g/mol. The van der Waals surface area contributed by atoms with E-state index in [2.05, 4.69) is 22.1 Å². The van der Waals surface area contributed by atoms with E-state index in [1.807, 2.05) is 6.07 Å². The van der Waals surface area contributed by atoms with Crippen molar-refractivity contribution in [3.05, 3.63) is 48.8 Å². The molecule has 2 aromatic rings. The van der Waals surface area contributed by atoms with E-state index in [9.17, 15) is 13.2 Å². The van der Waals surface area contributed by atoms with E-state index >= 15 is 0 Å². The number of alkyl halides is 3. The predicted molar refractivity (Wildman–Crippen MR) is 70.7 cm³/mol. The van der Waals surface area contributed by atoms with Crippen molar-refractivity contribution in [3.8, 4) is 5.69 Å². The smallest absolute Gasteiger partial charge is 0.284 e. The van der Waals surface area contributed by atoms with Crippen molar-refractivity contribution in [2.75, 3.05) is 13.1 Å². The van der Waals surface area contributed by atoms with Crippen LogP contribution in [0.1, 0.15) is 5.82 Å². The van der Waals surface area contributed by atoms with Crippen molar-refractivity contribution in [1.29, 1.82) is 0 Å². The molecule has 21 heavy (non-hydrogen) atoms. The Morgan fingerprint density at radius 3 is 2.57 bits per heavy atom. The lowest BCUT2D eigenvalue weighted by molar-refractivity contribution is -0.146. The number of tetrazole rings is 1. The van der Waals surface area contributed by atoms with Crippen molar-refractivity contribution in [2.24, 2.45) is 0 Å². The summed E-state index contributed by atoms with van der Waals surface area (Å²) in [6, 6.07) is 9.00. The largest absolute Gasteiger partial charge is 0.401 e. The van der Waals surface area contributed by atoms with Gasteiger partial charge in [-0.25, -0.2) is 0 Å². The fourth-order valence-electron chi connectivity index (χ4n) is 1.90. The van der Waals surface area contributed by atoms with Gasteiger partial charge in [-0.1, -0.05) is 24.3 Å². The van der Waals surface area contributed by atoms with Crippen LogP contribution in [0, 0.1) is 0 Å². The topological polar surface area (TPSA) is 46.8 Å². The summed E-state index contributed by atoms with van der Waals surface area (Å²) >= 11 is 0. The molecule has 0 aliphatic heterocycles. The maximum absolute atomic E-state index is 12.5. The molecule has 0 atom stereocenters. The van der Waals surface area contributed by atoms with Gasteiger partial charge in [0.1, 0.15) is 0 Å². The minimum absolute atomic E-state index is 0.0204. The van der Waals surface area contributed by atoms with Crippen LogP contribution in [0.5, 0.6) is 0 Å². The highest BCUT2D eigenvalue weighted by Crippen LogP contribution is 2.18. The molecule has 0 unspecified atom stereocenters. The fourth-order valence-corrected chi connectivity index (χ4v) is 1.90. The molecule has 0 bridgehead atoms. The number of hydrogen-bond donors (Lipinski definition) is 0. The lowest BCUT2D eigenvalue weighted by atomic mass is 10.3. The second-order valence-electron chi connectivity index (χ2n) is 4.42. The second kappa shape index (κ2) is 6.49. The van der Waals surface area contributed by atoms with Gasteiger partial charge in [0.2, 0.25) is 0 Å². The molecule has 0 aliphatic carbocycles. The molecule has 0 amide bonds. The zero-order valence-electron chi connectivity index (χ0n) is 11.2. The Labute approximate surface area is 119 Å². The summed E-state index contributed by atoms with van der Waals surface area (Å²) in [4.78, 5) is 1.18. The highest BCUT2D eigenvalue weighted by molar-refractivity contribution is 5.30. The first-order chi connectivity index (χ1) is 9.99. The third-order valence-corrected chi connectivity index (χ3v) is 2.69. The third-order valence-electron chi connectivity index (χ3n) is 2.69. The molecule has 0 saturated carbocycles. The predicted octanol–water partition coefficient (Wildman–Crippen LogP) is 2.21. The molecule has 1 heterocycles. The molecule has 0 saturated heterocycles. The molecule has 0 radical (unpaired) electrons. The second-order valence-corrected chi connectivity index (χ2v) is 4.42. The van der Waals surface area contributed by atoms with E-state index in [4.69, 9.17) is 0 Å². The van der Waals surface area contributed by atoms with Gasteiger partial charge in [0.25, 0.3) is 0 Å². The normalized spacial score (nSPS) is 11.8. The van der Waals surface area contributed by atoms with Gasteiger partial charge in [0.05, 0.1) is 18.8 Å². The fraction of sp³-hybridized carbons (Fsp3) is 0.308. The molecule has 1 aromatic carbocycles. The summed E-state index contributed by atoms with van der Waals surface area (Å²) < 4.78 is 39.1. The quantitative estimate of drug-likeness (QED) is 0.767. The van der Waals surface area contributed by atoms with Crippen LogP contribution in [0.25, 0.3) is 5.69 Å². The molecular formula is C13H14F3N5. The minimum atomic E-state index is -4.28. The number of halogens is 3. The van der Waals surface area contributed by atoms with Crippen LogP contribution in [0.2, 0.25) is 0 Å². The lowest BCUT2D eigenvalue weighted by Gasteiger charge is -2.21. The summed E-state index contributed by atoms with van der Waals surface area (Å²) in [5.74, 6) is 0.340. The zero-order valence-corrected chi connectivity index (χ0v) is 11.2. The van der Waals surface area contributed by atoms with Crippen molar-refractivity contribution < 1.29 is 13.2 Å². The highest BCUT2D eigenvalue weighted by atomic mass is 19.4. The first-order valence-electron chi connectivity index (χ1n) is 6.22. The van der Waals surface area contributed by atoms with Crippen LogP contribution in [0.3, 0.4) is 0 Å². The van der Waals surface area contributed by atoms with Crippen LogP contribution in [-0.4, -0.2) is 44.4 Å². The Hall–Kier alpha value is -2.22. The van der Waals surface area contributed by atoms with Gasteiger partial charge in [-0.3, -0.25) is 4.90 Å². The molecule has 2 rings (SSSR count). The van der Waals surface area contributed by atoms with Crippen LogP contribution < -0.4 is 0 Å². The summed E-state index contributed by atoms with van der Waals surface area (Å²) in [6.45, 7) is 2.51. The van der Waals surface area contributed by atoms with E-state index in [1.165, 1.54) is 15.7 Å². The molecule has 0 spiro atoms. The Morgan fingerprint density at radius 2 is 1.95 bits per heavy atom. The summed E-state index contributed by atoms with van der Waals surface area (Å²) in [6.07, 6.45) is -2.86. The van der Waals surface area contributed by atoms with E-state index in [-0.39, 0.29) is 13.1 Å².